The molecule has 0 aliphatic carbocycles. The summed E-state index contributed by atoms with van der Waals surface area (Å²) in [6.07, 6.45) is 2.21. The van der Waals surface area contributed by atoms with Crippen LogP contribution in [0.3, 0.4) is 0 Å². The van der Waals surface area contributed by atoms with Crippen molar-refractivity contribution in [3.63, 3.8) is 0 Å². The summed E-state index contributed by atoms with van der Waals surface area (Å²) in [5.74, 6) is -0.435. The molecule has 0 spiro atoms. The lowest BCUT2D eigenvalue weighted by Gasteiger charge is -2.43. The maximum absolute atomic E-state index is 12.5. The van der Waals surface area contributed by atoms with Crippen molar-refractivity contribution < 1.29 is 23.5 Å². The Bertz CT molecular complexity index is 1020. The van der Waals surface area contributed by atoms with E-state index < -0.39 is 20.4 Å². The molecule has 0 atom stereocenters. The predicted molar refractivity (Wildman–Crippen MR) is 145 cm³/mol. The van der Waals surface area contributed by atoms with Crippen molar-refractivity contribution >= 4 is 30.8 Å². The van der Waals surface area contributed by atoms with Crippen molar-refractivity contribution in [1.82, 2.24) is 4.90 Å². The molecule has 1 aliphatic rings. The van der Waals surface area contributed by atoms with Crippen LogP contribution in [0.25, 0.3) is 0 Å². The lowest BCUT2D eigenvalue weighted by Crippen LogP contribution is -2.66. The monoisotopic (exact) mass is 509 g/mol. The first-order chi connectivity index (χ1) is 17.0. The maximum atomic E-state index is 12.5. The van der Waals surface area contributed by atoms with E-state index in [9.17, 15) is 9.59 Å². The number of hydrogen-bond donors (Lipinski definition) is 0. The second-order valence-electron chi connectivity index (χ2n) is 10.9. The third-order valence-corrected chi connectivity index (χ3v) is 11.7. The van der Waals surface area contributed by atoms with Crippen LogP contribution < -0.4 is 10.4 Å². The number of esters is 1. The molecule has 1 amide bonds. The van der Waals surface area contributed by atoms with Gasteiger partial charge in [0.05, 0.1) is 25.8 Å². The first-order valence-electron chi connectivity index (χ1n) is 12.5. The summed E-state index contributed by atoms with van der Waals surface area (Å²) in [5, 5.41) is 2.36. The number of hydrogen-bond acceptors (Lipinski definition) is 5. The average Bonchev–Trinajstić information content (AvgIpc) is 3.25. The number of benzene rings is 2. The van der Waals surface area contributed by atoms with Crippen LogP contribution >= 0.6 is 0 Å². The minimum atomic E-state index is -2.64. The number of rotatable bonds is 10. The van der Waals surface area contributed by atoms with Gasteiger partial charge in [0.15, 0.2) is 0 Å². The Morgan fingerprint density at radius 2 is 1.56 bits per heavy atom. The van der Waals surface area contributed by atoms with Crippen molar-refractivity contribution in [3.05, 3.63) is 72.3 Å². The predicted octanol–water partition coefficient (Wildman–Crippen LogP) is 4.53. The summed E-state index contributed by atoms with van der Waals surface area (Å²) >= 11 is 0. The van der Waals surface area contributed by atoms with Gasteiger partial charge in [-0.1, -0.05) is 101 Å². The van der Waals surface area contributed by atoms with Gasteiger partial charge < -0.3 is 18.8 Å². The van der Waals surface area contributed by atoms with Gasteiger partial charge in [-0.05, 0) is 27.2 Å². The fourth-order valence-electron chi connectivity index (χ4n) is 4.85. The molecule has 6 nitrogen and oxygen atoms in total. The highest BCUT2D eigenvalue weighted by Crippen LogP contribution is 2.37. The second-order valence-corrected chi connectivity index (χ2v) is 15.3. The van der Waals surface area contributed by atoms with Crippen LogP contribution in [-0.2, 0) is 18.7 Å². The zero-order valence-corrected chi connectivity index (χ0v) is 23.4. The van der Waals surface area contributed by atoms with Crippen LogP contribution in [0, 0.1) is 5.41 Å². The number of ether oxygens (including phenoxy) is 2. The van der Waals surface area contributed by atoms with Crippen LogP contribution in [0.15, 0.2) is 72.3 Å². The zero-order valence-electron chi connectivity index (χ0n) is 22.4. The molecule has 0 aromatic heterocycles. The van der Waals surface area contributed by atoms with Crippen LogP contribution in [-0.4, -0.2) is 58.7 Å². The number of methoxy groups -OCH3 is 1. The molecule has 2 aromatic carbocycles. The Labute approximate surface area is 216 Å². The van der Waals surface area contributed by atoms with Gasteiger partial charge in [0.2, 0.25) is 0 Å². The highest BCUT2D eigenvalue weighted by atomic mass is 28.4. The van der Waals surface area contributed by atoms with E-state index in [0.717, 1.165) is 0 Å². The summed E-state index contributed by atoms with van der Waals surface area (Å²) in [6, 6.07) is 21.1. The topological polar surface area (TPSA) is 65.1 Å². The molecule has 0 saturated carbocycles. The molecule has 194 valence electrons. The van der Waals surface area contributed by atoms with Crippen molar-refractivity contribution in [2.24, 2.45) is 5.41 Å². The SMILES string of the molecule is COC(=O)/C(=C/C(C)(C)CCO[Si](c1ccccc1)(c1ccccc1)C(C)(C)C)CN1CCOC1=O. The smallest absolute Gasteiger partial charge is 0.410 e. The van der Waals surface area contributed by atoms with Gasteiger partial charge in [-0.25, -0.2) is 9.59 Å². The van der Waals surface area contributed by atoms with Gasteiger partial charge in [-0.3, -0.25) is 0 Å². The molecule has 3 rings (SSSR count). The van der Waals surface area contributed by atoms with Gasteiger partial charge in [-0.15, -0.1) is 0 Å². The molecule has 0 bridgehead atoms. The third-order valence-electron chi connectivity index (χ3n) is 6.70. The molecule has 1 aliphatic heterocycles. The van der Waals surface area contributed by atoms with E-state index in [1.165, 1.54) is 22.4 Å². The third kappa shape index (κ3) is 6.26. The van der Waals surface area contributed by atoms with Crippen molar-refractivity contribution in [2.45, 2.75) is 46.1 Å². The maximum Gasteiger partial charge on any atom is 0.410 e. The van der Waals surface area contributed by atoms with Crippen LogP contribution in [0.5, 0.6) is 0 Å². The van der Waals surface area contributed by atoms with E-state index in [1.807, 2.05) is 18.2 Å². The summed E-state index contributed by atoms with van der Waals surface area (Å²) in [6.45, 7) is 12.4. The molecule has 1 heterocycles. The number of amides is 1. The summed E-state index contributed by atoms with van der Waals surface area (Å²) in [7, 11) is -1.28. The Morgan fingerprint density at radius 1 is 1.00 bits per heavy atom. The van der Waals surface area contributed by atoms with Crippen LogP contribution in [0.1, 0.15) is 41.0 Å². The first kappa shape index (κ1) is 27.7. The number of carbonyl (C=O) groups is 2. The largest absolute Gasteiger partial charge is 0.466 e. The quantitative estimate of drug-likeness (QED) is 0.267. The molecule has 36 heavy (non-hydrogen) atoms. The van der Waals surface area contributed by atoms with E-state index in [4.69, 9.17) is 13.9 Å². The minimum absolute atomic E-state index is 0.108. The van der Waals surface area contributed by atoms with Gasteiger partial charge >= 0.3 is 12.1 Å². The Kier molecular flexibility index (Phi) is 8.79. The van der Waals surface area contributed by atoms with Gasteiger partial charge in [0, 0.05) is 6.61 Å². The van der Waals surface area contributed by atoms with Crippen molar-refractivity contribution in [1.29, 1.82) is 0 Å². The fraction of sp³-hybridized carbons (Fsp3) is 0.448. The van der Waals surface area contributed by atoms with Crippen LogP contribution in [0.4, 0.5) is 4.79 Å². The molecule has 1 saturated heterocycles. The van der Waals surface area contributed by atoms with E-state index in [2.05, 4.69) is 83.1 Å². The van der Waals surface area contributed by atoms with Gasteiger partial charge in [0.25, 0.3) is 8.32 Å². The van der Waals surface area contributed by atoms with Crippen molar-refractivity contribution in [2.75, 3.05) is 33.4 Å². The first-order valence-corrected chi connectivity index (χ1v) is 14.4. The Morgan fingerprint density at radius 3 is 2.00 bits per heavy atom. The summed E-state index contributed by atoms with van der Waals surface area (Å²) < 4.78 is 17.1. The minimum Gasteiger partial charge on any atom is -0.466 e. The lowest BCUT2D eigenvalue weighted by atomic mass is 9.87. The molecule has 0 unspecified atom stereocenters. The van der Waals surface area contributed by atoms with Crippen LogP contribution in [0.2, 0.25) is 5.04 Å². The van der Waals surface area contributed by atoms with Crippen molar-refractivity contribution in [3.8, 4) is 0 Å². The van der Waals surface area contributed by atoms with E-state index in [0.29, 0.717) is 31.8 Å². The molecule has 7 heteroatoms. The molecule has 0 N–H and O–H groups in total. The standard InChI is InChI=1S/C29H39NO5Si/c1-28(2,3)36(24-13-9-7-10-14-24,25-15-11-8-12-16-25)35-19-17-29(4,5)21-23(26(31)33-6)22-30-18-20-34-27(30)32/h7-16,21H,17-20,22H2,1-6H3/b23-21+. The van der Waals surface area contributed by atoms with E-state index in [1.54, 1.807) is 0 Å². The van der Waals surface area contributed by atoms with E-state index >= 15 is 0 Å². The average molecular weight is 510 g/mol. The van der Waals surface area contributed by atoms with E-state index in [-0.39, 0.29) is 17.0 Å². The fourth-order valence-corrected chi connectivity index (χ4v) is 9.41. The lowest BCUT2D eigenvalue weighted by molar-refractivity contribution is -0.136. The number of allylic oxidation sites excluding steroid dienone is 1. The number of nitrogens with zero attached hydrogens (tertiary/aromatic N) is 1. The summed E-state index contributed by atoms with van der Waals surface area (Å²) in [5.41, 5.74) is 0.0882. The second kappa shape index (κ2) is 11.4. The Balaban J connectivity index is 1.88. The number of carbonyl (C=O) groups excluding carboxylic acids is 2. The number of cyclic esters (lactones) is 1. The highest BCUT2D eigenvalue weighted by Gasteiger charge is 2.50. The Hall–Kier alpha value is -2.90. The molecule has 1 fully saturated rings. The van der Waals surface area contributed by atoms with Gasteiger partial charge in [0.1, 0.15) is 6.61 Å². The molecule has 2 aromatic rings. The zero-order chi connectivity index (χ0) is 26.4. The molecular formula is C29H39NO5Si. The van der Waals surface area contributed by atoms with Gasteiger partial charge in [-0.2, -0.15) is 0 Å². The molecule has 0 radical (unpaired) electrons. The summed E-state index contributed by atoms with van der Waals surface area (Å²) in [4.78, 5) is 26.0. The normalized spacial score (nSPS) is 15.1. The molecular weight excluding hydrogens is 470 g/mol. The highest BCUT2D eigenvalue weighted by molar-refractivity contribution is 6.99.